The van der Waals surface area contributed by atoms with E-state index in [1.54, 1.807) is 24.5 Å². The minimum Gasteiger partial charge on any atom is -0.485 e. The van der Waals surface area contributed by atoms with Crippen molar-refractivity contribution in [1.29, 1.82) is 0 Å². The zero-order chi connectivity index (χ0) is 79.3. The summed E-state index contributed by atoms with van der Waals surface area (Å²) in [7, 11) is 0. The Morgan fingerprint density at radius 1 is 0.465 bits per heavy atom. The van der Waals surface area contributed by atoms with E-state index in [1.165, 1.54) is 80.9 Å². The van der Waals surface area contributed by atoms with E-state index in [9.17, 15) is 57.5 Å². The predicted octanol–water partition coefficient (Wildman–Crippen LogP) is 4.82. The van der Waals surface area contributed by atoms with Crippen LogP contribution in [-0.2, 0) is 88.7 Å². The largest absolute Gasteiger partial charge is 0.485 e. The molecule has 8 aromatic rings. The van der Waals surface area contributed by atoms with Gasteiger partial charge in [-0.05, 0) is 125 Å². The van der Waals surface area contributed by atoms with Gasteiger partial charge in [0.15, 0.2) is 25.6 Å². The number of imide groups is 4. The van der Waals surface area contributed by atoms with E-state index in [0.717, 1.165) is 44.9 Å². The zero-order valence-electron chi connectivity index (χ0n) is 61.6. The molecule has 8 heterocycles. The third-order valence-corrected chi connectivity index (χ3v) is 18.7. The van der Waals surface area contributed by atoms with Crippen LogP contribution in [0.5, 0.6) is 23.3 Å². The Hall–Kier alpha value is -12.3. The van der Waals surface area contributed by atoms with Crippen LogP contribution in [0.1, 0.15) is 102 Å². The van der Waals surface area contributed by atoms with Gasteiger partial charge in [-0.2, -0.15) is 0 Å². The second-order valence-electron chi connectivity index (χ2n) is 26.3. The number of pyridine rings is 4. The Labute approximate surface area is 664 Å². The number of nitrogens with two attached hydrogens (primary N) is 1. The maximum absolute atomic E-state index is 13.2. The molecule has 2 saturated heterocycles. The van der Waals surface area contributed by atoms with Gasteiger partial charge >= 0.3 is 5.97 Å². The number of ketones is 1. The number of carboxylic acids is 1. The maximum Gasteiger partial charge on any atom is 0.341 e. The van der Waals surface area contributed by atoms with Crippen LogP contribution in [0, 0.1) is 0 Å². The number of carboxylic acid groups (broad SMARTS) is 1. The van der Waals surface area contributed by atoms with Crippen molar-refractivity contribution >= 4 is 70.8 Å². The second-order valence-corrected chi connectivity index (χ2v) is 26.3. The van der Waals surface area contributed by atoms with Crippen LogP contribution in [0.15, 0.2) is 146 Å². The summed E-state index contributed by atoms with van der Waals surface area (Å²) in [5.41, 5.74) is 19.4. The van der Waals surface area contributed by atoms with Gasteiger partial charge in [0, 0.05) is 136 Å². The molecule has 0 saturated carbocycles. The molecule has 589 valence electrons. The summed E-state index contributed by atoms with van der Waals surface area (Å²) in [5, 5.41) is 18.4. The van der Waals surface area contributed by atoms with Crippen molar-refractivity contribution in [2.45, 2.75) is 63.5 Å². The number of piperidine rings is 2. The molecule has 2 unspecified atom stereocenters. The number of benzene rings is 4. The molecule has 4 aliphatic heterocycles. The summed E-state index contributed by atoms with van der Waals surface area (Å²) in [6.07, 6.45) is 13.5. The quantitative estimate of drug-likeness (QED) is 0.0232. The standard InChI is InChI=1S/C41H39N5O10.C25H28N4O4.C15H12N2O7.V/c47-29(23-55-34-5-1-4-31-38(34)41(52)46(40(31)51)33-9-10-35(48)45-39(33)50)3-2-15-53-17-18-54-16-14-43-36(49)24-56-37-11-7-27(21-44-37)25-6-8-30-28(19-25)20-26-12-13-42-22-32(26)30;26-6-9-31-11-12-32-10-8-28-24(30)17-33-25-4-2-20(15-29-25)18-1-3-22-21(13-18)14-19-5-7-27-16-23(19)22;18-10-5-4-8(13(21)16-10)17-14(22)7-2-1-3-9(12(7)15(17)23)24-6-11(19)20;/h1,4-8,11-13,19,21-22,33H,2-3,9-10,14-18,20,23-24H2,(H,43,49)(H,45,48,50);1-5,7,13,15-16H,6,8-12,14,17,26H2,(H,28,30);1-3,8H,4-6H2,(H,19,20)(H,16,18,21);. The number of carbonyl (C=O) groups excluding carboxylic acids is 11. The molecule has 33 heteroatoms. The average Bonchev–Trinajstić information content (AvgIpc) is 1.62. The van der Waals surface area contributed by atoms with E-state index in [2.05, 4.69) is 89.7 Å². The molecule has 4 aromatic heterocycles. The molecule has 114 heavy (non-hydrogen) atoms. The van der Waals surface area contributed by atoms with Crippen molar-refractivity contribution < 1.29 is 119 Å². The normalized spacial score (nSPS) is 15.2. The van der Waals surface area contributed by atoms with Gasteiger partial charge in [-0.25, -0.2) is 14.8 Å². The molecular formula is C81H79N11O21V. The average molecular weight is 1590 g/mol. The second kappa shape index (κ2) is 39.7. The third-order valence-electron chi connectivity index (χ3n) is 18.7. The van der Waals surface area contributed by atoms with E-state index in [1.807, 2.05) is 36.9 Å². The van der Waals surface area contributed by atoms with Gasteiger partial charge in [0.05, 0.1) is 68.5 Å². The number of nitrogens with zero attached hydrogens (tertiary/aromatic N) is 6. The smallest absolute Gasteiger partial charge is 0.341 e. The number of fused-ring (bicyclic) bond motifs is 8. The first-order valence-corrected chi connectivity index (χ1v) is 36.4. The van der Waals surface area contributed by atoms with Crippen molar-refractivity contribution in [2.24, 2.45) is 5.73 Å². The SMILES string of the molecule is NCCOCCOCCNC(=O)COc1ccc(-c2ccc3c(c2)Cc2ccncc2-3)cn1.O=C(CCCOCCOCCNC(=O)COc1ccc(-c2ccc3c(c2)Cc2ccncc2-3)cn1)COc1cccc2c1C(=O)N(C1CCC(=O)NC1=O)C2=O.O=C(O)COc1cccc2c1C(=O)N(C1CCC(=O)NC1=O)C2=O.[V]. The monoisotopic (exact) mass is 1590 g/mol. The number of carbonyl (C=O) groups is 12. The fourth-order valence-electron chi connectivity index (χ4n) is 13.3. The van der Waals surface area contributed by atoms with Gasteiger partial charge in [-0.15, -0.1) is 0 Å². The van der Waals surface area contributed by atoms with Gasteiger partial charge < -0.3 is 59.4 Å². The van der Waals surface area contributed by atoms with Gasteiger partial charge in [-0.1, -0.05) is 48.5 Å². The van der Waals surface area contributed by atoms with Crippen LogP contribution >= 0.6 is 0 Å². The van der Waals surface area contributed by atoms with Crippen molar-refractivity contribution in [3.8, 4) is 67.8 Å². The number of hydrogen-bond donors (Lipinski definition) is 6. The molecule has 7 N–H and O–H groups in total. The van der Waals surface area contributed by atoms with Gasteiger partial charge in [-0.3, -0.25) is 83.1 Å². The summed E-state index contributed by atoms with van der Waals surface area (Å²) < 4.78 is 43.3. The molecule has 0 bridgehead atoms. The minimum atomic E-state index is -1.23. The number of amides is 10. The number of nitrogens with one attached hydrogen (secondary N) is 4. The van der Waals surface area contributed by atoms with Crippen molar-refractivity contribution in [2.75, 3.05) is 98.9 Å². The molecule has 6 aliphatic rings. The molecule has 14 rings (SSSR count). The van der Waals surface area contributed by atoms with Crippen LogP contribution < -0.4 is 45.9 Å². The van der Waals surface area contributed by atoms with Crippen LogP contribution in [0.3, 0.4) is 0 Å². The predicted molar refractivity (Wildman–Crippen MR) is 400 cm³/mol. The summed E-state index contributed by atoms with van der Waals surface area (Å²) >= 11 is 0. The number of rotatable bonds is 34. The molecule has 32 nitrogen and oxygen atoms in total. The summed E-state index contributed by atoms with van der Waals surface area (Å²) in [6.45, 7) is 3.01. The molecule has 4 aromatic carbocycles. The van der Waals surface area contributed by atoms with Crippen molar-refractivity contribution in [3.05, 3.63) is 191 Å². The number of Topliss-reactive ketones (excluding diaryl/α,β-unsaturated/α-hetero) is 1. The molecule has 10 amide bonds. The Bertz CT molecular complexity index is 4950. The van der Waals surface area contributed by atoms with E-state index < -0.39 is 71.9 Å². The first-order chi connectivity index (χ1) is 54.9. The molecule has 2 fully saturated rings. The third kappa shape index (κ3) is 20.7. The van der Waals surface area contributed by atoms with E-state index in [4.69, 9.17) is 48.7 Å². The van der Waals surface area contributed by atoms with Crippen LogP contribution in [0.25, 0.3) is 44.5 Å². The Balaban J connectivity index is 0.000000186. The topological polar surface area (TPSA) is 431 Å². The first kappa shape index (κ1) is 82.7. The number of hydrogen-bond acceptors (Lipinski definition) is 25. The Morgan fingerprint density at radius 2 is 0.912 bits per heavy atom. The number of aromatic nitrogens is 4. The molecular weight excluding hydrogens is 1510 g/mol. The van der Waals surface area contributed by atoms with Gasteiger partial charge in [0.1, 0.15) is 30.2 Å². The van der Waals surface area contributed by atoms with Crippen molar-refractivity contribution in [1.82, 2.24) is 51.0 Å². The zero-order valence-corrected chi connectivity index (χ0v) is 63.0. The maximum atomic E-state index is 13.2. The first-order valence-electron chi connectivity index (χ1n) is 36.4. The van der Waals surface area contributed by atoms with Crippen molar-refractivity contribution in [3.63, 3.8) is 0 Å². The van der Waals surface area contributed by atoms with E-state index >= 15 is 0 Å². The Morgan fingerprint density at radius 3 is 1.35 bits per heavy atom. The van der Waals surface area contributed by atoms with Gasteiger partial charge in [0.25, 0.3) is 35.4 Å². The van der Waals surface area contributed by atoms with Gasteiger partial charge in [0.2, 0.25) is 35.4 Å². The summed E-state index contributed by atoms with van der Waals surface area (Å²) in [5.74, 6) is -6.32. The summed E-state index contributed by atoms with van der Waals surface area (Å²) in [6, 6.07) is 30.8. The molecule has 1 radical (unpaired) electrons. The van der Waals surface area contributed by atoms with Crippen LogP contribution in [-0.4, -0.2) is 217 Å². The minimum absolute atomic E-state index is 0. The summed E-state index contributed by atoms with van der Waals surface area (Å²) in [4.78, 5) is 164. The molecule has 2 aliphatic carbocycles. The fraction of sp³-hybridized carbons (Fsp3) is 0.309. The van der Waals surface area contributed by atoms with Crippen LogP contribution in [0.4, 0.5) is 0 Å². The number of aliphatic carboxylic acids is 1. The van der Waals surface area contributed by atoms with Crippen LogP contribution in [0.2, 0.25) is 0 Å². The molecule has 2 atom stereocenters. The fourth-order valence-corrected chi connectivity index (χ4v) is 13.3. The van der Waals surface area contributed by atoms with E-state index in [-0.39, 0.29) is 128 Å². The number of ether oxygens (including phenoxy) is 8. The molecule has 0 spiro atoms. The van der Waals surface area contributed by atoms with E-state index in [0.29, 0.717) is 84.1 Å². The Kier molecular flexibility index (Phi) is 28.8.